The number of H-pyrrole nitrogens is 1. The van der Waals surface area contributed by atoms with Crippen molar-refractivity contribution in [1.29, 1.82) is 0 Å². The second-order valence-corrected chi connectivity index (χ2v) is 5.97. The summed E-state index contributed by atoms with van der Waals surface area (Å²) in [5.41, 5.74) is 5.39. The molecule has 2 N–H and O–H groups in total. The van der Waals surface area contributed by atoms with E-state index in [2.05, 4.69) is 27.4 Å². The van der Waals surface area contributed by atoms with Gasteiger partial charge in [0.1, 0.15) is 5.65 Å². The zero-order valence-corrected chi connectivity index (χ0v) is 14.5. The lowest BCUT2D eigenvalue weighted by atomic mass is 10.0. The zero-order valence-electron chi connectivity index (χ0n) is 14.5. The molecular weight excluding hydrogens is 329 g/mol. The van der Waals surface area contributed by atoms with E-state index in [1.807, 2.05) is 43.7 Å². The maximum Gasteiger partial charge on any atom is 0.165 e. The molecule has 26 heavy (non-hydrogen) atoms. The average molecular weight is 347 g/mol. The quantitative estimate of drug-likeness (QED) is 0.541. The molecule has 0 aliphatic heterocycles. The van der Waals surface area contributed by atoms with Gasteiger partial charge in [-0.15, -0.1) is 0 Å². The molecule has 0 aliphatic rings. The number of nitrogens with one attached hydrogen (secondary N) is 2. The Kier molecular flexibility index (Phi) is 4.05. The summed E-state index contributed by atoms with van der Waals surface area (Å²) in [5, 5.41) is 4.06. The van der Waals surface area contributed by atoms with Gasteiger partial charge < -0.3 is 15.0 Å². The van der Waals surface area contributed by atoms with E-state index in [4.69, 9.17) is 4.74 Å². The lowest BCUT2D eigenvalue weighted by Gasteiger charge is -2.09. The summed E-state index contributed by atoms with van der Waals surface area (Å²) in [4.78, 5) is 7.68. The van der Waals surface area contributed by atoms with Crippen molar-refractivity contribution >= 4 is 16.7 Å². The third kappa shape index (κ3) is 2.67. The Bertz CT molecular complexity index is 1090. The van der Waals surface area contributed by atoms with E-state index < -0.39 is 0 Å². The van der Waals surface area contributed by atoms with Crippen LogP contribution in [0.1, 0.15) is 0 Å². The van der Waals surface area contributed by atoms with Crippen molar-refractivity contribution in [3.63, 3.8) is 0 Å². The number of pyridine rings is 1. The molecule has 0 fully saturated rings. The number of para-hydroxylation sites is 1. The number of benzene rings is 2. The molecule has 0 saturated carbocycles. The summed E-state index contributed by atoms with van der Waals surface area (Å²) in [6.45, 7) is 0. The minimum Gasteiger partial charge on any atom is -0.493 e. The van der Waals surface area contributed by atoms with Crippen LogP contribution in [0.15, 0.2) is 60.9 Å². The molecule has 130 valence electrons. The molecule has 4 nitrogen and oxygen atoms in total. The number of anilines is 1. The molecule has 4 rings (SSSR count). The smallest absolute Gasteiger partial charge is 0.165 e. The van der Waals surface area contributed by atoms with Crippen molar-refractivity contribution in [2.75, 3.05) is 19.5 Å². The number of aromatic nitrogens is 2. The first-order chi connectivity index (χ1) is 12.7. The molecule has 0 saturated heterocycles. The first kappa shape index (κ1) is 16.1. The van der Waals surface area contributed by atoms with Gasteiger partial charge in [0, 0.05) is 47.2 Å². The molecule has 0 bridgehead atoms. The minimum absolute atomic E-state index is 0.232. The fraction of sp³-hybridized carbons (Fsp3) is 0.0952. The van der Waals surface area contributed by atoms with Crippen LogP contribution in [0.25, 0.3) is 33.3 Å². The van der Waals surface area contributed by atoms with Crippen LogP contribution in [-0.2, 0) is 0 Å². The first-order valence-electron chi connectivity index (χ1n) is 8.29. The van der Waals surface area contributed by atoms with Gasteiger partial charge in [-0.05, 0) is 29.8 Å². The van der Waals surface area contributed by atoms with Gasteiger partial charge in [-0.3, -0.25) is 0 Å². The van der Waals surface area contributed by atoms with Crippen LogP contribution >= 0.6 is 0 Å². The molecule has 2 aromatic heterocycles. The lowest BCUT2D eigenvalue weighted by Crippen LogP contribution is -1.91. The molecule has 2 heterocycles. The van der Waals surface area contributed by atoms with E-state index in [0.717, 1.165) is 33.4 Å². The number of nitrogens with zero attached hydrogens (tertiary/aromatic N) is 1. The summed E-state index contributed by atoms with van der Waals surface area (Å²) >= 11 is 0. The lowest BCUT2D eigenvalue weighted by molar-refractivity contribution is 0.388. The summed E-state index contributed by atoms with van der Waals surface area (Å²) in [5.74, 6) is -0.152. The highest BCUT2D eigenvalue weighted by Gasteiger charge is 2.15. The fourth-order valence-corrected chi connectivity index (χ4v) is 3.17. The van der Waals surface area contributed by atoms with E-state index in [-0.39, 0.29) is 11.6 Å². The number of rotatable bonds is 4. The normalized spacial score (nSPS) is 10.9. The predicted molar refractivity (Wildman–Crippen MR) is 103 cm³/mol. The highest BCUT2D eigenvalue weighted by molar-refractivity contribution is 5.97. The third-order valence-electron chi connectivity index (χ3n) is 4.48. The Morgan fingerprint density at radius 1 is 1.04 bits per heavy atom. The van der Waals surface area contributed by atoms with Crippen molar-refractivity contribution in [2.45, 2.75) is 0 Å². The van der Waals surface area contributed by atoms with E-state index in [9.17, 15) is 4.39 Å². The SMILES string of the molecule is CNc1cccc(-c2cnc3[nH]cc(-c4cccc(F)c4OC)c3c2)c1. The number of hydrogen-bond acceptors (Lipinski definition) is 3. The van der Waals surface area contributed by atoms with Gasteiger partial charge in [-0.25, -0.2) is 9.37 Å². The maximum absolute atomic E-state index is 14.1. The highest BCUT2D eigenvalue weighted by atomic mass is 19.1. The Morgan fingerprint density at radius 3 is 2.69 bits per heavy atom. The fourth-order valence-electron chi connectivity index (χ4n) is 3.17. The molecule has 4 aromatic rings. The number of methoxy groups -OCH3 is 1. The van der Waals surface area contributed by atoms with Crippen molar-refractivity contribution in [1.82, 2.24) is 9.97 Å². The monoisotopic (exact) mass is 347 g/mol. The molecule has 0 radical (unpaired) electrons. The van der Waals surface area contributed by atoms with Crippen molar-refractivity contribution in [3.8, 4) is 28.0 Å². The van der Waals surface area contributed by atoms with E-state index in [0.29, 0.717) is 5.56 Å². The molecular formula is C21H18FN3O. The van der Waals surface area contributed by atoms with Crippen LogP contribution in [0, 0.1) is 5.82 Å². The second kappa shape index (κ2) is 6.52. The largest absolute Gasteiger partial charge is 0.493 e. The minimum atomic E-state index is -0.384. The van der Waals surface area contributed by atoms with E-state index >= 15 is 0 Å². The summed E-state index contributed by atoms with van der Waals surface area (Å²) in [6, 6.07) is 15.1. The topological polar surface area (TPSA) is 49.9 Å². The number of ether oxygens (including phenoxy) is 1. The van der Waals surface area contributed by atoms with Crippen LogP contribution in [-0.4, -0.2) is 24.1 Å². The summed E-state index contributed by atoms with van der Waals surface area (Å²) in [7, 11) is 3.37. The molecule has 0 spiro atoms. The molecule has 0 atom stereocenters. The van der Waals surface area contributed by atoms with Gasteiger partial charge in [-0.1, -0.05) is 24.3 Å². The summed E-state index contributed by atoms with van der Waals surface area (Å²) < 4.78 is 19.4. The Morgan fingerprint density at radius 2 is 1.88 bits per heavy atom. The van der Waals surface area contributed by atoms with Gasteiger partial charge in [-0.2, -0.15) is 0 Å². The van der Waals surface area contributed by atoms with Gasteiger partial charge in [0.25, 0.3) is 0 Å². The van der Waals surface area contributed by atoms with Crippen LogP contribution in [0.3, 0.4) is 0 Å². The van der Waals surface area contributed by atoms with E-state index in [1.54, 1.807) is 6.07 Å². The Balaban J connectivity index is 1.89. The molecule has 0 amide bonds. The predicted octanol–water partition coefficient (Wildman–Crippen LogP) is 5.09. The average Bonchev–Trinajstić information content (AvgIpc) is 3.11. The first-order valence-corrected chi connectivity index (χ1v) is 8.29. The number of fused-ring (bicyclic) bond motifs is 1. The second-order valence-electron chi connectivity index (χ2n) is 5.97. The Labute approximate surface area is 150 Å². The van der Waals surface area contributed by atoms with Crippen LogP contribution in [0.2, 0.25) is 0 Å². The summed E-state index contributed by atoms with van der Waals surface area (Å²) in [6.07, 6.45) is 3.67. The third-order valence-corrected chi connectivity index (χ3v) is 4.48. The number of hydrogen-bond donors (Lipinski definition) is 2. The number of halogens is 1. The van der Waals surface area contributed by atoms with Crippen molar-refractivity contribution in [3.05, 3.63) is 66.7 Å². The van der Waals surface area contributed by atoms with Crippen molar-refractivity contribution in [2.24, 2.45) is 0 Å². The van der Waals surface area contributed by atoms with Crippen LogP contribution in [0.5, 0.6) is 5.75 Å². The van der Waals surface area contributed by atoms with Gasteiger partial charge >= 0.3 is 0 Å². The standard InChI is InChI=1S/C21H18FN3O/c1-23-15-6-3-5-13(9-15)14-10-17-18(12-25-21(17)24-11-14)16-7-4-8-19(22)20(16)26-2/h3-12,23H,1-2H3,(H,24,25). The van der Waals surface area contributed by atoms with Gasteiger partial charge in [0.2, 0.25) is 0 Å². The maximum atomic E-state index is 14.1. The Hall–Kier alpha value is -3.34. The number of aromatic amines is 1. The molecule has 5 heteroatoms. The van der Waals surface area contributed by atoms with Crippen molar-refractivity contribution < 1.29 is 9.13 Å². The molecule has 0 unspecified atom stereocenters. The molecule has 2 aromatic carbocycles. The van der Waals surface area contributed by atoms with Crippen LogP contribution < -0.4 is 10.1 Å². The zero-order chi connectivity index (χ0) is 18.1. The molecule has 0 aliphatic carbocycles. The van der Waals surface area contributed by atoms with Crippen LogP contribution in [0.4, 0.5) is 10.1 Å². The van der Waals surface area contributed by atoms with Gasteiger partial charge in [0.15, 0.2) is 11.6 Å². The van der Waals surface area contributed by atoms with E-state index in [1.165, 1.54) is 13.2 Å². The van der Waals surface area contributed by atoms with Gasteiger partial charge in [0.05, 0.1) is 7.11 Å². The highest BCUT2D eigenvalue weighted by Crippen LogP contribution is 2.37.